The van der Waals surface area contributed by atoms with E-state index in [-0.39, 0.29) is 5.92 Å². The summed E-state index contributed by atoms with van der Waals surface area (Å²) in [7, 11) is 1.64. The molecular weight excluding hydrogens is 282 g/mol. The van der Waals surface area contributed by atoms with Crippen LogP contribution in [0, 0.1) is 5.92 Å². The van der Waals surface area contributed by atoms with Crippen LogP contribution in [0.3, 0.4) is 0 Å². The first kappa shape index (κ1) is 13.9. The molecule has 0 aliphatic heterocycles. The average Bonchev–Trinajstić information content (AvgIpc) is 2.29. The Bertz CT molecular complexity index is 425. The zero-order valence-corrected chi connectivity index (χ0v) is 11.8. The lowest BCUT2D eigenvalue weighted by Crippen LogP contribution is -2.10. The average molecular weight is 298 g/mol. The van der Waals surface area contributed by atoms with Crippen molar-refractivity contribution in [2.45, 2.75) is 19.8 Å². The van der Waals surface area contributed by atoms with Gasteiger partial charge in [-0.05, 0) is 39.5 Å². The minimum atomic E-state index is 0.221. The standard InChI is InChI=1S/C13H16BrNO2/c1-9(2)11(7-15-8-16)10-4-5-13(17-3)12(14)6-10/h4-6,9,11H,7H2,1-3H3. The fourth-order valence-electron chi connectivity index (χ4n) is 1.75. The number of aliphatic imine (C=N–C) groups is 1. The molecule has 0 fully saturated rings. The number of methoxy groups -OCH3 is 1. The molecule has 1 atom stereocenters. The number of ether oxygens (including phenoxy) is 1. The van der Waals surface area contributed by atoms with Crippen LogP contribution in [0.1, 0.15) is 25.3 Å². The third kappa shape index (κ3) is 3.69. The molecule has 0 bridgehead atoms. The van der Waals surface area contributed by atoms with Gasteiger partial charge < -0.3 is 4.74 Å². The molecule has 17 heavy (non-hydrogen) atoms. The quantitative estimate of drug-likeness (QED) is 0.616. The fourth-order valence-corrected chi connectivity index (χ4v) is 2.31. The Morgan fingerprint density at radius 2 is 2.18 bits per heavy atom. The SMILES string of the molecule is COc1ccc(C(CN=C=O)C(C)C)cc1Br. The smallest absolute Gasteiger partial charge is 0.234 e. The summed E-state index contributed by atoms with van der Waals surface area (Å²) < 4.78 is 6.10. The van der Waals surface area contributed by atoms with Crippen molar-refractivity contribution in [3.63, 3.8) is 0 Å². The highest BCUT2D eigenvalue weighted by molar-refractivity contribution is 9.10. The maximum atomic E-state index is 10.2. The van der Waals surface area contributed by atoms with Gasteiger partial charge in [-0.25, -0.2) is 9.79 Å². The maximum absolute atomic E-state index is 10.2. The highest BCUT2D eigenvalue weighted by Gasteiger charge is 2.16. The largest absolute Gasteiger partial charge is 0.496 e. The molecule has 4 heteroatoms. The van der Waals surface area contributed by atoms with Crippen LogP contribution in [0.25, 0.3) is 0 Å². The number of carbonyl (C=O) groups excluding carboxylic acids is 1. The monoisotopic (exact) mass is 297 g/mol. The molecule has 3 nitrogen and oxygen atoms in total. The molecular formula is C13H16BrNO2. The van der Waals surface area contributed by atoms with E-state index in [0.717, 1.165) is 15.8 Å². The Morgan fingerprint density at radius 3 is 2.65 bits per heavy atom. The second-order valence-corrected chi connectivity index (χ2v) is 5.03. The number of halogens is 1. The minimum Gasteiger partial charge on any atom is -0.496 e. The molecule has 1 aromatic rings. The van der Waals surface area contributed by atoms with Crippen LogP contribution in [0.4, 0.5) is 0 Å². The van der Waals surface area contributed by atoms with Gasteiger partial charge in [0.15, 0.2) is 0 Å². The molecule has 0 saturated heterocycles. The van der Waals surface area contributed by atoms with E-state index in [1.807, 2.05) is 18.2 Å². The second-order valence-electron chi connectivity index (χ2n) is 4.18. The summed E-state index contributed by atoms with van der Waals surface area (Å²) >= 11 is 3.46. The molecule has 0 aliphatic rings. The Hall–Kier alpha value is -1.12. The first-order valence-electron chi connectivity index (χ1n) is 5.47. The van der Waals surface area contributed by atoms with Crippen LogP contribution in [0.5, 0.6) is 5.75 Å². The molecule has 1 rings (SSSR count). The van der Waals surface area contributed by atoms with E-state index in [1.54, 1.807) is 13.2 Å². The minimum absolute atomic E-state index is 0.221. The zero-order valence-electron chi connectivity index (χ0n) is 10.2. The fraction of sp³-hybridized carbons (Fsp3) is 0.462. The normalized spacial score (nSPS) is 12.1. The number of nitrogens with zero attached hydrogens (tertiary/aromatic N) is 1. The van der Waals surface area contributed by atoms with Crippen molar-refractivity contribution in [2.24, 2.45) is 10.9 Å². The lowest BCUT2D eigenvalue weighted by molar-refractivity contribution is 0.411. The Labute approximate surface area is 110 Å². The summed E-state index contributed by atoms with van der Waals surface area (Å²) in [5.41, 5.74) is 1.15. The van der Waals surface area contributed by atoms with Crippen LogP contribution in [-0.2, 0) is 4.79 Å². The summed E-state index contributed by atoms with van der Waals surface area (Å²) in [6, 6.07) is 5.94. The summed E-state index contributed by atoms with van der Waals surface area (Å²) in [6.07, 6.45) is 1.60. The molecule has 0 N–H and O–H groups in total. The molecule has 0 heterocycles. The Morgan fingerprint density at radius 1 is 1.47 bits per heavy atom. The highest BCUT2D eigenvalue weighted by atomic mass is 79.9. The van der Waals surface area contributed by atoms with Gasteiger partial charge in [0.25, 0.3) is 0 Å². The van der Waals surface area contributed by atoms with Crippen LogP contribution >= 0.6 is 15.9 Å². The number of rotatable bonds is 5. The summed E-state index contributed by atoms with van der Waals surface area (Å²) in [5.74, 6) is 1.43. The lowest BCUT2D eigenvalue weighted by Gasteiger charge is -2.19. The predicted molar refractivity (Wildman–Crippen MR) is 71.3 cm³/mol. The van der Waals surface area contributed by atoms with Gasteiger partial charge >= 0.3 is 0 Å². The maximum Gasteiger partial charge on any atom is 0.234 e. The molecule has 0 aromatic heterocycles. The number of hydrogen-bond donors (Lipinski definition) is 0. The van der Waals surface area contributed by atoms with Gasteiger partial charge in [-0.1, -0.05) is 19.9 Å². The molecule has 1 unspecified atom stereocenters. The molecule has 0 radical (unpaired) electrons. The van der Waals surface area contributed by atoms with Crippen LogP contribution in [0.15, 0.2) is 27.7 Å². The van der Waals surface area contributed by atoms with E-state index < -0.39 is 0 Å². The van der Waals surface area contributed by atoms with E-state index in [0.29, 0.717) is 12.5 Å². The topological polar surface area (TPSA) is 38.7 Å². The third-order valence-electron chi connectivity index (χ3n) is 2.76. The molecule has 0 aliphatic carbocycles. The van der Waals surface area contributed by atoms with Gasteiger partial charge in [0.1, 0.15) is 5.75 Å². The van der Waals surface area contributed by atoms with Crippen molar-refractivity contribution in [1.29, 1.82) is 0 Å². The molecule has 0 amide bonds. The van der Waals surface area contributed by atoms with Crippen molar-refractivity contribution in [1.82, 2.24) is 0 Å². The molecule has 0 saturated carbocycles. The van der Waals surface area contributed by atoms with Crippen molar-refractivity contribution in [3.05, 3.63) is 28.2 Å². The van der Waals surface area contributed by atoms with Crippen molar-refractivity contribution < 1.29 is 9.53 Å². The molecule has 0 spiro atoms. The zero-order chi connectivity index (χ0) is 12.8. The van der Waals surface area contributed by atoms with Gasteiger partial charge in [-0.3, -0.25) is 0 Å². The number of benzene rings is 1. The van der Waals surface area contributed by atoms with Gasteiger partial charge in [-0.2, -0.15) is 0 Å². The summed E-state index contributed by atoms with van der Waals surface area (Å²) in [5, 5.41) is 0. The number of isocyanates is 1. The number of hydrogen-bond acceptors (Lipinski definition) is 3. The van der Waals surface area contributed by atoms with Crippen molar-refractivity contribution in [3.8, 4) is 5.75 Å². The van der Waals surface area contributed by atoms with E-state index in [4.69, 9.17) is 4.74 Å². The first-order valence-corrected chi connectivity index (χ1v) is 6.26. The molecule has 92 valence electrons. The predicted octanol–water partition coefficient (Wildman–Crippen LogP) is 3.53. The van der Waals surface area contributed by atoms with E-state index >= 15 is 0 Å². The van der Waals surface area contributed by atoms with Gasteiger partial charge in [0.05, 0.1) is 18.1 Å². The first-order chi connectivity index (χ1) is 8.10. The lowest BCUT2D eigenvalue weighted by atomic mass is 9.88. The van der Waals surface area contributed by atoms with Crippen molar-refractivity contribution >= 4 is 22.0 Å². The van der Waals surface area contributed by atoms with E-state index in [1.165, 1.54) is 0 Å². The van der Waals surface area contributed by atoms with E-state index in [9.17, 15) is 4.79 Å². The summed E-state index contributed by atoms with van der Waals surface area (Å²) in [6.45, 7) is 4.70. The van der Waals surface area contributed by atoms with Gasteiger partial charge in [0.2, 0.25) is 6.08 Å². The Balaban J connectivity index is 3.02. The van der Waals surface area contributed by atoms with Gasteiger partial charge in [-0.15, -0.1) is 0 Å². The van der Waals surface area contributed by atoms with Gasteiger partial charge in [0, 0.05) is 5.92 Å². The molecule has 1 aromatic carbocycles. The van der Waals surface area contributed by atoms with E-state index in [2.05, 4.69) is 34.8 Å². The van der Waals surface area contributed by atoms with Crippen LogP contribution in [0.2, 0.25) is 0 Å². The third-order valence-corrected chi connectivity index (χ3v) is 3.38. The van der Waals surface area contributed by atoms with Crippen LogP contribution in [-0.4, -0.2) is 19.7 Å². The van der Waals surface area contributed by atoms with Crippen molar-refractivity contribution in [2.75, 3.05) is 13.7 Å². The Kier molecular flexibility index (Phi) is 5.39. The second kappa shape index (κ2) is 6.58. The van der Waals surface area contributed by atoms with Crippen LogP contribution < -0.4 is 4.74 Å². The highest BCUT2D eigenvalue weighted by Crippen LogP contribution is 2.31. The summed E-state index contributed by atoms with van der Waals surface area (Å²) in [4.78, 5) is 13.9.